The van der Waals surface area contributed by atoms with Crippen molar-refractivity contribution < 1.29 is 0 Å². The minimum absolute atomic E-state index is 0.810. The number of aromatic nitrogens is 2. The number of benzene rings is 1. The number of imidazole rings is 1. The number of nitrogens with zero attached hydrogens (tertiary/aromatic N) is 3. The average molecular weight is 350 g/mol. The molecule has 0 bridgehead atoms. The highest BCUT2D eigenvalue weighted by molar-refractivity contribution is 6.00. The first-order valence-electron chi connectivity index (χ1n) is 9.13. The Balaban J connectivity index is 1.64. The van der Waals surface area contributed by atoms with Crippen LogP contribution >= 0.6 is 0 Å². The van der Waals surface area contributed by atoms with Crippen LogP contribution in [0.25, 0.3) is 17.3 Å². The largest absolute Gasteiger partial charge is 0.370 e. The van der Waals surface area contributed by atoms with E-state index in [1.54, 1.807) is 7.05 Å². The van der Waals surface area contributed by atoms with E-state index in [9.17, 15) is 0 Å². The number of nitrogens with one attached hydrogen (secondary N) is 3. The van der Waals surface area contributed by atoms with Crippen molar-refractivity contribution in [3.63, 3.8) is 0 Å². The Morgan fingerprint density at radius 2 is 2.08 bits per heavy atom. The molecule has 0 amide bonds. The topological polar surface area (TPSA) is 77.5 Å². The Labute approximate surface area is 154 Å². The predicted molar refractivity (Wildman–Crippen MR) is 109 cm³/mol. The van der Waals surface area contributed by atoms with Crippen molar-refractivity contribution in [1.29, 1.82) is 0 Å². The molecule has 1 aromatic heterocycles. The van der Waals surface area contributed by atoms with Gasteiger partial charge in [-0.2, -0.15) is 0 Å². The van der Waals surface area contributed by atoms with Crippen LogP contribution < -0.4 is 10.6 Å². The van der Waals surface area contributed by atoms with Gasteiger partial charge in [0.1, 0.15) is 17.5 Å². The number of hydrogen-bond acceptors (Lipinski definition) is 4. The third-order valence-corrected chi connectivity index (χ3v) is 4.22. The van der Waals surface area contributed by atoms with E-state index in [1.165, 1.54) is 0 Å². The molecular weight excluding hydrogens is 324 g/mol. The molecule has 3 rings (SSSR count). The van der Waals surface area contributed by atoms with E-state index in [0.29, 0.717) is 0 Å². The Morgan fingerprint density at radius 3 is 2.77 bits per heavy atom. The molecule has 136 valence electrons. The number of aromatic amines is 1. The Morgan fingerprint density at radius 1 is 1.27 bits per heavy atom. The first kappa shape index (κ1) is 17.9. The van der Waals surface area contributed by atoms with Crippen LogP contribution in [0.3, 0.4) is 0 Å². The third kappa shape index (κ3) is 4.59. The quantitative estimate of drug-likeness (QED) is 0.408. The highest BCUT2D eigenvalue weighted by Crippen LogP contribution is 2.18. The molecule has 6 nitrogen and oxygen atoms in total. The molecule has 0 saturated carbocycles. The van der Waals surface area contributed by atoms with E-state index in [0.717, 1.165) is 66.8 Å². The van der Waals surface area contributed by atoms with Crippen molar-refractivity contribution in [2.45, 2.75) is 19.8 Å². The monoisotopic (exact) mass is 350 g/mol. The SMILES string of the molecule is CCCCNC(/C=C\c1ncc(-c2ccc(C3=NCCN3)cc2)[nH]1)=NC. The van der Waals surface area contributed by atoms with Gasteiger partial charge in [0.15, 0.2) is 0 Å². The second-order valence-corrected chi connectivity index (χ2v) is 6.14. The van der Waals surface area contributed by atoms with Crippen molar-refractivity contribution in [3.8, 4) is 11.3 Å². The lowest BCUT2D eigenvalue weighted by atomic mass is 10.1. The molecular formula is C20H26N6. The van der Waals surface area contributed by atoms with E-state index >= 15 is 0 Å². The molecule has 1 aliphatic heterocycles. The highest BCUT2D eigenvalue weighted by Gasteiger charge is 2.08. The summed E-state index contributed by atoms with van der Waals surface area (Å²) in [5.74, 6) is 2.65. The summed E-state index contributed by atoms with van der Waals surface area (Å²) in [5, 5.41) is 6.61. The van der Waals surface area contributed by atoms with Gasteiger partial charge in [-0.15, -0.1) is 0 Å². The number of H-pyrrole nitrogens is 1. The zero-order valence-corrected chi connectivity index (χ0v) is 15.4. The Bertz CT molecular complexity index is 798. The molecule has 26 heavy (non-hydrogen) atoms. The summed E-state index contributed by atoms with van der Waals surface area (Å²) in [7, 11) is 1.79. The second kappa shape index (κ2) is 8.99. The van der Waals surface area contributed by atoms with Crippen molar-refractivity contribution in [2.75, 3.05) is 26.7 Å². The van der Waals surface area contributed by atoms with Gasteiger partial charge in [0.05, 0.1) is 18.4 Å². The van der Waals surface area contributed by atoms with Gasteiger partial charge in [0, 0.05) is 25.7 Å². The first-order chi connectivity index (χ1) is 12.8. The fourth-order valence-corrected chi connectivity index (χ4v) is 2.73. The smallest absolute Gasteiger partial charge is 0.130 e. The lowest BCUT2D eigenvalue weighted by Crippen LogP contribution is -2.22. The normalized spacial score (nSPS) is 14.5. The minimum atomic E-state index is 0.810. The van der Waals surface area contributed by atoms with Crippen LogP contribution in [0.1, 0.15) is 31.2 Å². The van der Waals surface area contributed by atoms with Crippen molar-refractivity contribution >= 4 is 17.7 Å². The highest BCUT2D eigenvalue weighted by atomic mass is 15.1. The van der Waals surface area contributed by atoms with Crippen LogP contribution in [0.2, 0.25) is 0 Å². The van der Waals surface area contributed by atoms with Crippen LogP contribution in [0.4, 0.5) is 0 Å². The number of rotatable bonds is 7. The lowest BCUT2D eigenvalue weighted by Gasteiger charge is -2.04. The maximum atomic E-state index is 4.45. The molecule has 2 aromatic rings. The molecule has 1 aliphatic rings. The molecule has 3 N–H and O–H groups in total. The summed E-state index contributed by atoms with van der Waals surface area (Å²) in [5.41, 5.74) is 3.21. The maximum Gasteiger partial charge on any atom is 0.130 e. The Hall–Kier alpha value is -2.89. The molecule has 0 atom stereocenters. The minimum Gasteiger partial charge on any atom is -0.370 e. The molecule has 0 radical (unpaired) electrons. The summed E-state index contributed by atoms with van der Waals surface area (Å²) < 4.78 is 0. The molecule has 0 saturated heterocycles. The molecule has 1 aromatic carbocycles. The summed E-state index contributed by atoms with van der Waals surface area (Å²) >= 11 is 0. The van der Waals surface area contributed by atoms with E-state index in [2.05, 4.69) is 61.8 Å². The van der Waals surface area contributed by atoms with Crippen LogP contribution in [0, 0.1) is 0 Å². The fraction of sp³-hybridized carbons (Fsp3) is 0.350. The third-order valence-electron chi connectivity index (χ3n) is 4.22. The van der Waals surface area contributed by atoms with Crippen molar-refractivity contribution in [2.24, 2.45) is 9.98 Å². The van der Waals surface area contributed by atoms with E-state index in [-0.39, 0.29) is 0 Å². The van der Waals surface area contributed by atoms with Gasteiger partial charge in [-0.1, -0.05) is 37.6 Å². The molecule has 0 unspecified atom stereocenters. The number of hydrogen-bond donors (Lipinski definition) is 3. The number of aliphatic imine (C=N–C) groups is 2. The molecule has 0 spiro atoms. The molecule has 2 heterocycles. The second-order valence-electron chi connectivity index (χ2n) is 6.14. The standard InChI is InChI=1S/C20H26N6/c1-3-4-11-22-18(21-2)9-10-19-25-14-17(26-19)15-5-7-16(8-6-15)20-23-12-13-24-20/h5-10,14H,3-4,11-13H2,1-2H3,(H,21,22)(H,23,24)(H,25,26)/b10-9-. The number of amidine groups is 2. The van der Waals surface area contributed by atoms with E-state index in [4.69, 9.17) is 0 Å². The zero-order chi connectivity index (χ0) is 18.2. The van der Waals surface area contributed by atoms with E-state index in [1.807, 2.05) is 18.3 Å². The van der Waals surface area contributed by atoms with Gasteiger partial charge in [-0.3, -0.25) is 9.98 Å². The summed E-state index contributed by atoms with van der Waals surface area (Å²) in [6.45, 7) is 4.88. The van der Waals surface area contributed by atoms with Crippen LogP contribution in [-0.2, 0) is 0 Å². The summed E-state index contributed by atoms with van der Waals surface area (Å²) in [6.07, 6.45) is 8.04. The summed E-state index contributed by atoms with van der Waals surface area (Å²) in [6, 6.07) is 8.35. The van der Waals surface area contributed by atoms with Crippen LogP contribution in [-0.4, -0.2) is 48.3 Å². The summed E-state index contributed by atoms with van der Waals surface area (Å²) in [4.78, 5) is 16.5. The maximum absolute atomic E-state index is 4.45. The van der Waals surface area contributed by atoms with Gasteiger partial charge in [-0.25, -0.2) is 4.98 Å². The Kier molecular flexibility index (Phi) is 6.19. The lowest BCUT2D eigenvalue weighted by molar-refractivity contribution is 0.755. The predicted octanol–water partition coefficient (Wildman–Crippen LogP) is 2.86. The van der Waals surface area contributed by atoms with Crippen LogP contribution in [0.15, 0.2) is 46.5 Å². The zero-order valence-electron chi connectivity index (χ0n) is 15.4. The van der Waals surface area contributed by atoms with Crippen molar-refractivity contribution in [1.82, 2.24) is 20.6 Å². The van der Waals surface area contributed by atoms with Crippen molar-refractivity contribution in [3.05, 3.63) is 47.9 Å². The van der Waals surface area contributed by atoms with E-state index < -0.39 is 0 Å². The fourth-order valence-electron chi connectivity index (χ4n) is 2.73. The van der Waals surface area contributed by atoms with Gasteiger partial charge in [0.25, 0.3) is 0 Å². The molecule has 0 aliphatic carbocycles. The average Bonchev–Trinajstić information content (AvgIpc) is 3.37. The number of unbranched alkanes of at least 4 members (excludes halogenated alkanes) is 1. The van der Waals surface area contributed by atoms with Gasteiger partial charge in [-0.05, 0) is 24.1 Å². The molecule has 0 fully saturated rings. The van der Waals surface area contributed by atoms with Crippen LogP contribution in [0.5, 0.6) is 0 Å². The van der Waals surface area contributed by atoms with Gasteiger partial charge >= 0.3 is 0 Å². The molecule has 6 heteroatoms. The first-order valence-corrected chi connectivity index (χ1v) is 9.13. The van der Waals surface area contributed by atoms with Gasteiger partial charge < -0.3 is 15.6 Å². The van der Waals surface area contributed by atoms with Gasteiger partial charge in [0.2, 0.25) is 0 Å².